The van der Waals surface area contributed by atoms with Crippen molar-refractivity contribution in [3.63, 3.8) is 0 Å². The van der Waals surface area contributed by atoms with E-state index >= 15 is 0 Å². The summed E-state index contributed by atoms with van der Waals surface area (Å²) >= 11 is 0. The van der Waals surface area contributed by atoms with Gasteiger partial charge in [0.2, 0.25) is 5.91 Å². The number of carbonyl (C=O) groups is 1. The van der Waals surface area contributed by atoms with Crippen LogP contribution in [-0.4, -0.2) is 5.91 Å². The van der Waals surface area contributed by atoms with Crippen LogP contribution in [0.1, 0.15) is 17.9 Å². The molecule has 0 fully saturated rings. The maximum absolute atomic E-state index is 12.6. The minimum atomic E-state index is -0.252. The second-order valence-electron chi connectivity index (χ2n) is 3.29. The van der Waals surface area contributed by atoms with Gasteiger partial charge in [0.05, 0.1) is 0 Å². The molecule has 0 saturated heterocycles. The summed E-state index contributed by atoms with van der Waals surface area (Å²) in [6.07, 6.45) is 3.98. The monoisotopic (exact) mass is 191 g/mol. The lowest BCUT2D eigenvalue weighted by atomic mass is 9.94. The zero-order valence-corrected chi connectivity index (χ0v) is 7.53. The molecule has 0 bridgehead atoms. The number of nitrogens with one attached hydrogen (secondary N) is 1. The highest BCUT2D eigenvalue weighted by Gasteiger charge is 2.15. The summed E-state index contributed by atoms with van der Waals surface area (Å²) < 4.78 is 12.6. The van der Waals surface area contributed by atoms with Crippen molar-refractivity contribution >= 4 is 5.91 Å². The maximum Gasteiger partial charge on any atom is 0.224 e. The van der Waals surface area contributed by atoms with Gasteiger partial charge in [-0.25, -0.2) is 4.39 Å². The van der Waals surface area contributed by atoms with Gasteiger partial charge >= 0.3 is 0 Å². The fourth-order valence-electron chi connectivity index (χ4n) is 1.52. The predicted octanol–water partition coefficient (Wildman–Crippen LogP) is 1.94. The smallest absolute Gasteiger partial charge is 0.224 e. The molecule has 1 aliphatic rings. The summed E-state index contributed by atoms with van der Waals surface area (Å²) in [6.45, 7) is 0. The van der Waals surface area contributed by atoms with Gasteiger partial charge in [0.25, 0.3) is 0 Å². The van der Waals surface area contributed by atoms with E-state index < -0.39 is 0 Å². The van der Waals surface area contributed by atoms with Gasteiger partial charge in [-0.1, -0.05) is 18.2 Å². The average molecular weight is 191 g/mol. The predicted molar refractivity (Wildman–Crippen MR) is 51.0 cm³/mol. The fraction of sp³-hybridized carbons (Fsp3) is 0.182. The maximum atomic E-state index is 12.6. The number of allylic oxidation sites excluding steroid dienone is 1. The lowest BCUT2D eigenvalue weighted by Gasteiger charge is -2.16. The van der Waals surface area contributed by atoms with Crippen molar-refractivity contribution < 1.29 is 9.18 Å². The third kappa shape index (κ3) is 1.82. The lowest BCUT2D eigenvalue weighted by Crippen LogP contribution is -2.23. The normalized spacial score (nSPS) is 20.6. The molecule has 2 nitrogen and oxygen atoms in total. The van der Waals surface area contributed by atoms with Crippen LogP contribution in [0.4, 0.5) is 4.39 Å². The second-order valence-corrected chi connectivity index (χ2v) is 3.29. The molecule has 1 amide bonds. The van der Waals surface area contributed by atoms with Crippen molar-refractivity contribution in [2.24, 2.45) is 0 Å². The quantitative estimate of drug-likeness (QED) is 0.722. The molecule has 72 valence electrons. The molecule has 14 heavy (non-hydrogen) atoms. The Morgan fingerprint density at radius 3 is 2.64 bits per heavy atom. The Morgan fingerprint density at radius 2 is 2.00 bits per heavy atom. The molecule has 1 aliphatic heterocycles. The highest BCUT2D eigenvalue weighted by molar-refractivity contribution is 5.79. The Morgan fingerprint density at radius 1 is 1.29 bits per heavy atom. The SMILES string of the molecule is O=C1CC(c2ccc(F)cc2)C=CN1. The number of carbonyl (C=O) groups excluding carboxylic acids is 1. The molecule has 0 saturated carbocycles. The third-order valence-electron chi connectivity index (χ3n) is 2.28. The Labute approximate surface area is 81.4 Å². The van der Waals surface area contributed by atoms with E-state index in [0.29, 0.717) is 6.42 Å². The van der Waals surface area contributed by atoms with Gasteiger partial charge in [0.15, 0.2) is 0 Å². The lowest BCUT2D eigenvalue weighted by molar-refractivity contribution is -0.120. The second kappa shape index (κ2) is 3.62. The molecular weight excluding hydrogens is 181 g/mol. The van der Waals surface area contributed by atoms with Gasteiger partial charge in [-0.15, -0.1) is 0 Å². The van der Waals surface area contributed by atoms with E-state index in [1.165, 1.54) is 12.1 Å². The molecule has 0 aromatic heterocycles. The first kappa shape index (κ1) is 8.94. The highest BCUT2D eigenvalue weighted by Crippen LogP contribution is 2.23. The van der Waals surface area contributed by atoms with E-state index in [0.717, 1.165) is 5.56 Å². The molecular formula is C11H10FNO. The van der Waals surface area contributed by atoms with Gasteiger partial charge in [-0.2, -0.15) is 0 Å². The Balaban J connectivity index is 2.22. The third-order valence-corrected chi connectivity index (χ3v) is 2.28. The molecule has 0 radical (unpaired) electrons. The minimum absolute atomic E-state index is 0.00169. The van der Waals surface area contributed by atoms with E-state index in [9.17, 15) is 9.18 Å². The van der Waals surface area contributed by atoms with Crippen molar-refractivity contribution in [1.82, 2.24) is 5.32 Å². The Hall–Kier alpha value is -1.64. The molecule has 0 aliphatic carbocycles. The van der Waals surface area contributed by atoms with Gasteiger partial charge in [-0.3, -0.25) is 4.79 Å². The zero-order valence-electron chi connectivity index (χ0n) is 7.53. The van der Waals surface area contributed by atoms with E-state index in [-0.39, 0.29) is 17.6 Å². The minimum Gasteiger partial charge on any atom is -0.333 e. The summed E-state index contributed by atoms with van der Waals surface area (Å²) in [5.41, 5.74) is 0.970. The molecule has 1 heterocycles. The van der Waals surface area contributed by atoms with Gasteiger partial charge < -0.3 is 5.32 Å². The van der Waals surface area contributed by atoms with Crippen LogP contribution in [0.3, 0.4) is 0 Å². The fourth-order valence-corrected chi connectivity index (χ4v) is 1.52. The highest BCUT2D eigenvalue weighted by atomic mass is 19.1. The first-order valence-electron chi connectivity index (χ1n) is 4.47. The molecule has 1 unspecified atom stereocenters. The summed E-state index contributed by atoms with van der Waals surface area (Å²) in [7, 11) is 0. The summed E-state index contributed by atoms with van der Waals surface area (Å²) in [5.74, 6) is -0.177. The van der Waals surface area contributed by atoms with E-state index in [1.54, 1.807) is 18.3 Å². The van der Waals surface area contributed by atoms with Crippen LogP contribution < -0.4 is 5.32 Å². The standard InChI is InChI=1S/C11H10FNO/c12-10-3-1-8(2-4-10)9-5-6-13-11(14)7-9/h1-6,9H,7H2,(H,13,14). The molecule has 0 spiro atoms. The molecule has 1 N–H and O–H groups in total. The molecule has 3 heteroatoms. The average Bonchev–Trinajstić information content (AvgIpc) is 2.19. The van der Waals surface area contributed by atoms with Crippen LogP contribution >= 0.6 is 0 Å². The number of hydrogen-bond donors (Lipinski definition) is 1. The molecule has 1 atom stereocenters. The first-order chi connectivity index (χ1) is 6.75. The number of amides is 1. The van der Waals surface area contributed by atoms with E-state index in [4.69, 9.17) is 0 Å². The first-order valence-corrected chi connectivity index (χ1v) is 4.47. The Kier molecular flexibility index (Phi) is 2.31. The summed E-state index contributed by atoms with van der Waals surface area (Å²) in [5, 5.41) is 2.60. The van der Waals surface area contributed by atoms with Crippen molar-refractivity contribution in [1.29, 1.82) is 0 Å². The molecule has 1 aromatic carbocycles. The van der Waals surface area contributed by atoms with Gasteiger partial charge in [0, 0.05) is 18.5 Å². The van der Waals surface area contributed by atoms with Crippen molar-refractivity contribution in [2.45, 2.75) is 12.3 Å². The molecule has 1 aromatic rings. The molecule has 2 rings (SSSR count). The van der Waals surface area contributed by atoms with E-state index in [1.807, 2.05) is 6.08 Å². The van der Waals surface area contributed by atoms with Crippen LogP contribution in [0.2, 0.25) is 0 Å². The van der Waals surface area contributed by atoms with Gasteiger partial charge in [-0.05, 0) is 17.7 Å². The largest absolute Gasteiger partial charge is 0.333 e. The summed E-state index contributed by atoms with van der Waals surface area (Å²) in [6, 6.07) is 6.25. The van der Waals surface area contributed by atoms with Crippen molar-refractivity contribution in [3.8, 4) is 0 Å². The van der Waals surface area contributed by atoms with Crippen molar-refractivity contribution in [3.05, 3.63) is 47.9 Å². The van der Waals surface area contributed by atoms with E-state index in [2.05, 4.69) is 5.32 Å². The topological polar surface area (TPSA) is 29.1 Å². The Bertz CT molecular complexity index is 369. The summed E-state index contributed by atoms with van der Waals surface area (Å²) in [4.78, 5) is 11.1. The number of rotatable bonds is 1. The van der Waals surface area contributed by atoms with Crippen LogP contribution in [0.15, 0.2) is 36.5 Å². The van der Waals surface area contributed by atoms with Crippen LogP contribution in [0.25, 0.3) is 0 Å². The van der Waals surface area contributed by atoms with Crippen LogP contribution in [0.5, 0.6) is 0 Å². The van der Waals surface area contributed by atoms with Gasteiger partial charge in [0.1, 0.15) is 5.82 Å². The zero-order chi connectivity index (χ0) is 9.97. The number of halogens is 1. The van der Waals surface area contributed by atoms with Crippen molar-refractivity contribution in [2.75, 3.05) is 0 Å². The number of hydrogen-bond acceptors (Lipinski definition) is 1. The van der Waals surface area contributed by atoms with Crippen LogP contribution in [0, 0.1) is 5.82 Å². The number of benzene rings is 1. The van der Waals surface area contributed by atoms with Crippen LogP contribution in [-0.2, 0) is 4.79 Å².